The molecule has 1 amide bonds. The minimum atomic E-state index is -2.96. The molecule has 5 nitrogen and oxygen atoms in total. The summed E-state index contributed by atoms with van der Waals surface area (Å²) in [5.74, 6) is 0.589. The largest absolute Gasteiger partial charge is 0.335 e. The molecule has 2 aliphatic heterocycles. The first-order valence-electron chi connectivity index (χ1n) is 9.76. The van der Waals surface area contributed by atoms with Gasteiger partial charge in [-0.15, -0.1) is 0 Å². The van der Waals surface area contributed by atoms with Crippen molar-refractivity contribution in [1.29, 1.82) is 0 Å². The van der Waals surface area contributed by atoms with E-state index in [1.165, 1.54) is 19.3 Å². The van der Waals surface area contributed by atoms with Gasteiger partial charge in [-0.3, -0.25) is 9.69 Å². The average molecular weight is 357 g/mol. The first kappa shape index (κ1) is 18.2. The normalized spacial score (nSPS) is 31.4. The lowest BCUT2D eigenvalue weighted by Gasteiger charge is -2.39. The molecular weight excluding hydrogens is 324 g/mol. The van der Waals surface area contributed by atoms with E-state index >= 15 is 0 Å². The highest BCUT2D eigenvalue weighted by Crippen LogP contribution is 2.30. The molecule has 24 heavy (non-hydrogen) atoms. The Kier molecular flexibility index (Phi) is 5.85. The minimum absolute atomic E-state index is 0.0875. The van der Waals surface area contributed by atoms with Crippen LogP contribution >= 0.6 is 0 Å². The van der Waals surface area contributed by atoms with Crippen LogP contribution in [0.1, 0.15) is 64.7 Å². The molecule has 0 aromatic heterocycles. The van der Waals surface area contributed by atoms with Crippen LogP contribution in [0.5, 0.6) is 0 Å². The summed E-state index contributed by atoms with van der Waals surface area (Å²) >= 11 is 0. The van der Waals surface area contributed by atoms with Crippen LogP contribution in [-0.4, -0.2) is 66.8 Å². The summed E-state index contributed by atoms with van der Waals surface area (Å²) < 4.78 is 23.8. The number of piperidine rings is 1. The van der Waals surface area contributed by atoms with Gasteiger partial charge in [0.25, 0.3) is 0 Å². The number of hydrogen-bond donors (Lipinski definition) is 0. The average Bonchev–Trinajstić information content (AvgIpc) is 3.18. The quantitative estimate of drug-likeness (QED) is 0.758. The second-order valence-corrected chi connectivity index (χ2v) is 10.1. The van der Waals surface area contributed by atoms with E-state index in [1.807, 2.05) is 4.90 Å². The molecule has 1 saturated carbocycles. The van der Waals surface area contributed by atoms with E-state index in [0.29, 0.717) is 19.0 Å². The van der Waals surface area contributed by atoms with Crippen molar-refractivity contribution in [1.82, 2.24) is 9.80 Å². The Balaban J connectivity index is 1.71. The predicted octanol–water partition coefficient (Wildman–Crippen LogP) is 2.21. The van der Waals surface area contributed by atoms with Gasteiger partial charge in [-0.2, -0.15) is 0 Å². The van der Waals surface area contributed by atoms with E-state index in [0.717, 1.165) is 38.6 Å². The molecule has 2 saturated heterocycles. The van der Waals surface area contributed by atoms with Gasteiger partial charge in [0.05, 0.1) is 18.1 Å². The van der Waals surface area contributed by atoms with Crippen molar-refractivity contribution >= 4 is 15.7 Å². The van der Waals surface area contributed by atoms with Crippen LogP contribution in [0.3, 0.4) is 0 Å². The van der Waals surface area contributed by atoms with Gasteiger partial charge in [0.1, 0.15) is 0 Å². The van der Waals surface area contributed by atoms with Gasteiger partial charge < -0.3 is 4.90 Å². The van der Waals surface area contributed by atoms with Gasteiger partial charge in [0, 0.05) is 18.1 Å². The molecule has 3 rings (SSSR count). The molecule has 1 aliphatic carbocycles. The molecule has 3 fully saturated rings. The van der Waals surface area contributed by atoms with Gasteiger partial charge in [-0.1, -0.05) is 26.2 Å². The Morgan fingerprint density at radius 2 is 1.75 bits per heavy atom. The monoisotopic (exact) mass is 356 g/mol. The molecule has 138 valence electrons. The molecule has 0 unspecified atom stereocenters. The third-order valence-corrected chi connectivity index (χ3v) is 7.92. The van der Waals surface area contributed by atoms with Crippen LogP contribution < -0.4 is 0 Å². The lowest BCUT2D eigenvalue weighted by Crippen LogP contribution is -2.52. The van der Waals surface area contributed by atoms with Crippen molar-refractivity contribution in [3.05, 3.63) is 0 Å². The number of likely N-dealkylation sites (tertiary alicyclic amines) is 1. The van der Waals surface area contributed by atoms with Crippen LogP contribution in [0.25, 0.3) is 0 Å². The molecule has 0 N–H and O–H groups in total. The number of carbonyl (C=O) groups is 1. The Morgan fingerprint density at radius 1 is 1.04 bits per heavy atom. The Morgan fingerprint density at radius 3 is 2.38 bits per heavy atom. The summed E-state index contributed by atoms with van der Waals surface area (Å²) in [5.41, 5.74) is 0. The fourth-order valence-corrected chi connectivity index (χ4v) is 6.58. The summed E-state index contributed by atoms with van der Waals surface area (Å²) in [6.07, 6.45) is 9.74. The van der Waals surface area contributed by atoms with E-state index in [2.05, 4.69) is 11.8 Å². The smallest absolute Gasteiger partial charge is 0.237 e. The standard InChI is InChI=1S/C18H32N2O3S/c1-2-15-7-5-6-11-19(15)13-18(21)20(16-8-3-4-9-16)17-10-12-24(22,23)14-17/h15-17H,2-14H2,1H3/t15-,17+/m0/s1. The summed E-state index contributed by atoms with van der Waals surface area (Å²) in [4.78, 5) is 17.5. The highest BCUT2D eigenvalue weighted by molar-refractivity contribution is 7.91. The first-order valence-corrected chi connectivity index (χ1v) is 11.6. The van der Waals surface area contributed by atoms with Gasteiger partial charge in [0.2, 0.25) is 5.91 Å². The van der Waals surface area contributed by atoms with Crippen LogP contribution in [0.15, 0.2) is 0 Å². The van der Waals surface area contributed by atoms with Gasteiger partial charge >= 0.3 is 0 Å². The van der Waals surface area contributed by atoms with E-state index in [1.54, 1.807) is 0 Å². The van der Waals surface area contributed by atoms with Crippen LogP contribution in [-0.2, 0) is 14.6 Å². The van der Waals surface area contributed by atoms with E-state index < -0.39 is 9.84 Å². The molecule has 3 aliphatic rings. The number of carbonyl (C=O) groups excluding carboxylic acids is 1. The molecule has 0 spiro atoms. The molecule has 0 aromatic rings. The molecule has 0 radical (unpaired) electrons. The summed E-state index contributed by atoms with van der Waals surface area (Å²) in [6, 6.07) is 0.691. The zero-order chi connectivity index (χ0) is 17.2. The Bertz CT molecular complexity index is 542. The maximum atomic E-state index is 13.1. The first-order chi connectivity index (χ1) is 11.5. The number of nitrogens with zero attached hydrogens (tertiary/aromatic N) is 2. The summed E-state index contributed by atoms with van der Waals surface area (Å²) in [7, 11) is -2.96. The van der Waals surface area contributed by atoms with Crippen LogP contribution in [0.2, 0.25) is 0 Å². The van der Waals surface area contributed by atoms with Crippen molar-refractivity contribution < 1.29 is 13.2 Å². The van der Waals surface area contributed by atoms with Gasteiger partial charge in [-0.25, -0.2) is 8.42 Å². The minimum Gasteiger partial charge on any atom is -0.335 e. The van der Waals surface area contributed by atoms with Crippen molar-refractivity contribution in [3.8, 4) is 0 Å². The predicted molar refractivity (Wildman–Crippen MR) is 95.7 cm³/mol. The molecule has 2 atom stereocenters. The van der Waals surface area contributed by atoms with Crippen LogP contribution in [0.4, 0.5) is 0 Å². The Labute approximate surface area is 146 Å². The Hall–Kier alpha value is -0.620. The lowest BCUT2D eigenvalue weighted by molar-refractivity contribution is -0.137. The lowest BCUT2D eigenvalue weighted by atomic mass is 10.00. The third kappa shape index (κ3) is 4.13. The molecular formula is C18H32N2O3S. The van der Waals surface area contributed by atoms with E-state index in [9.17, 15) is 13.2 Å². The fourth-order valence-electron chi connectivity index (χ4n) is 4.87. The van der Waals surface area contributed by atoms with Crippen molar-refractivity contribution in [2.45, 2.75) is 82.8 Å². The maximum Gasteiger partial charge on any atom is 0.237 e. The van der Waals surface area contributed by atoms with Crippen molar-refractivity contribution in [2.75, 3.05) is 24.6 Å². The zero-order valence-electron chi connectivity index (χ0n) is 15.0. The number of hydrogen-bond acceptors (Lipinski definition) is 4. The van der Waals surface area contributed by atoms with E-state index in [-0.39, 0.29) is 29.5 Å². The SMILES string of the molecule is CC[C@H]1CCCCN1CC(=O)N(C1CCCC1)[C@@H]1CCS(=O)(=O)C1. The number of rotatable bonds is 5. The summed E-state index contributed by atoms with van der Waals surface area (Å²) in [5, 5.41) is 0. The van der Waals surface area contributed by atoms with E-state index in [4.69, 9.17) is 0 Å². The van der Waals surface area contributed by atoms with Crippen LogP contribution in [0, 0.1) is 0 Å². The number of amides is 1. The maximum absolute atomic E-state index is 13.1. The highest BCUT2D eigenvalue weighted by atomic mass is 32.2. The van der Waals surface area contributed by atoms with Gasteiger partial charge in [-0.05, 0) is 45.1 Å². The summed E-state index contributed by atoms with van der Waals surface area (Å²) in [6.45, 7) is 3.68. The third-order valence-electron chi connectivity index (χ3n) is 6.17. The highest BCUT2D eigenvalue weighted by Gasteiger charge is 2.39. The van der Waals surface area contributed by atoms with Crippen molar-refractivity contribution in [2.24, 2.45) is 0 Å². The van der Waals surface area contributed by atoms with Gasteiger partial charge in [0.15, 0.2) is 9.84 Å². The molecule has 0 aromatic carbocycles. The topological polar surface area (TPSA) is 57.7 Å². The number of sulfone groups is 1. The second kappa shape index (κ2) is 7.73. The zero-order valence-corrected chi connectivity index (χ0v) is 15.8. The molecule has 2 heterocycles. The molecule has 0 bridgehead atoms. The van der Waals surface area contributed by atoms with Crippen molar-refractivity contribution in [3.63, 3.8) is 0 Å². The second-order valence-electron chi connectivity index (χ2n) is 7.82. The fraction of sp³-hybridized carbons (Fsp3) is 0.944. The molecule has 6 heteroatoms.